The maximum atomic E-state index is 5.95. The Morgan fingerprint density at radius 3 is 2.95 bits per heavy atom. The van der Waals surface area contributed by atoms with Crippen molar-refractivity contribution >= 4 is 34.4 Å². The Kier molecular flexibility index (Phi) is 5.43. The second-order valence-corrected chi connectivity index (χ2v) is 5.13. The summed E-state index contributed by atoms with van der Waals surface area (Å²) in [5.74, 6) is 1.52. The maximum absolute atomic E-state index is 5.95. The highest BCUT2D eigenvalue weighted by atomic mass is 35.5. The van der Waals surface area contributed by atoms with E-state index in [0.717, 1.165) is 49.4 Å². The highest BCUT2D eigenvalue weighted by molar-refractivity contribution is 6.31. The molecule has 0 unspecified atom stereocenters. The predicted octanol–water partition coefficient (Wildman–Crippen LogP) is 3.29. The van der Waals surface area contributed by atoms with Crippen LogP contribution in [0.3, 0.4) is 0 Å². The minimum Gasteiger partial charge on any atom is -0.385 e. The number of pyridine rings is 1. The first-order chi connectivity index (χ1) is 9.26. The standard InChI is InChI=1S/C13H17Cl2N3O/c1-19-7-3-2-6-18-12(4-5-14)17-11-8-10(15)9-16-13(11)18/h8-9H,2-7H2,1H3. The summed E-state index contributed by atoms with van der Waals surface area (Å²) in [6.45, 7) is 1.65. The molecule has 4 nitrogen and oxygen atoms in total. The maximum Gasteiger partial charge on any atom is 0.160 e. The lowest BCUT2D eigenvalue weighted by Gasteiger charge is -2.07. The topological polar surface area (TPSA) is 39.9 Å². The summed E-state index contributed by atoms with van der Waals surface area (Å²) in [7, 11) is 1.72. The molecule has 0 aliphatic rings. The lowest BCUT2D eigenvalue weighted by Crippen LogP contribution is -2.06. The molecular formula is C13H17Cl2N3O. The smallest absolute Gasteiger partial charge is 0.160 e. The van der Waals surface area contributed by atoms with Gasteiger partial charge in [0.1, 0.15) is 11.3 Å². The Hall–Kier alpha value is -0.840. The third kappa shape index (κ3) is 3.59. The van der Waals surface area contributed by atoms with E-state index in [-0.39, 0.29) is 0 Å². The number of imidazole rings is 1. The highest BCUT2D eigenvalue weighted by Crippen LogP contribution is 2.19. The van der Waals surface area contributed by atoms with E-state index in [1.165, 1.54) is 0 Å². The van der Waals surface area contributed by atoms with Crippen LogP contribution in [0, 0.1) is 0 Å². The number of ether oxygens (including phenoxy) is 1. The molecule has 0 fully saturated rings. The van der Waals surface area contributed by atoms with Crippen LogP contribution in [0.25, 0.3) is 11.2 Å². The molecule has 2 aromatic rings. The van der Waals surface area contributed by atoms with Crippen LogP contribution >= 0.6 is 23.2 Å². The number of rotatable bonds is 7. The number of unbranched alkanes of at least 4 members (excludes halogenated alkanes) is 1. The average Bonchev–Trinajstić information content (AvgIpc) is 2.72. The molecule has 0 atom stereocenters. The van der Waals surface area contributed by atoms with Crippen molar-refractivity contribution in [3.05, 3.63) is 23.1 Å². The molecule has 0 N–H and O–H groups in total. The molecule has 6 heteroatoms. The van der Waals surface area contributed by atoms with Crippen molar-refractivity contribution in [2.24, 2.45) is 0 Å². The van der Waals surface area contributed by atoms with Crippen molar-refractivity contribution in [2.45, 2.75) is 25.8 Å². The van der Waals surface area contributed by atoms with Crippen molar-refractivity contribution in [1.82, 2.24) is 14.5 Å². The van der Waals surface area contributed by atoms with Crippen LogP contribution in [0.4, 0.5) is 0 Å². The molecule has 0 aliphatic heterocycles. The van der Waals surface area contributed by atoms with Crippen LogP contribution in [-0.4, -0.2) is 34.1 Å². The van der Waals surface area contributed by atoms with Gasteiger partial charge in [0, 0.05) is 38.8 Å². The zero-order valence-corrected chi connectivity index (χ0v) is 12.4. The SMILES string of the molecule is COCCCCn1c(CCCl)nc2cc(Cl)cnc21. The van der Waals surface area contributed by atoms with E-state index in [2.05, 4.69) is 14.5 Å². The van der Waals surface area contributed by atoms with Gasteiger partial charge in [-0.05, 0) is 18.9 Å². The van der Waals surface area contributed by atoms with E-state index in [1.807, 2.05) is 6.07 Å². The van der Waals surface area contributed by atoms with E-state index >= 15 is 0 Å². The second-order valence-electron chi connectivity index (χ2n) is 4.31. The Bertz CT molecular complexity index is 542. The van der Waals surface area contributed by atoms with Crippen molar-refractivity contribution in [2.75, 3.05) is 19.6 Å². The minimum absolute atomic E-state index is 0.551. The number of alkyl halides is 1. The summed E-state index contributed by atoms with van der Waals surface area (Å²) in [4.78, 5) is 8.94. The summed E-state index contributed by atoms with van der Waals surface area (Å²) in [5, 5.41) is 0.606. The summed E-state index contributed by atoms with van der Waals surface area (Å²) >= 11 is 11.8. The van der Waals surface area contributed by atoms with Crippen LogP contribution in [0.2, 0.25) is 5.02 Å². The molecule has 0 bridgehead atoms. The van der Waals surface area contributed by atoms with Gasteiger partial charge in [-0.2, -0.15) is 0 Å². The van der Waals surface area contributed by atoms with Gasteiger partial charge in [0.2, 0.25) is 0 Å². The highest BCUT2D eigenvalue weighted by Gasteiger charge is 2.11. The van der Waals surface area contributed by atoms with E-state index in [9.17, 15) is 0 Å². The quantitative estimate of drug-likeness (QED) is 0.582. The lowest BCUT2D eigenvalue weighted by atomic mass is 10.3. The molecule has 0 radical (unpaired) electrons. The first kappa shape index (κ1) is 14.6. The molecule has 2 rings (SSSR count). The number of hydrogen-bond acceptors (Lipinski definition) is 3. The van der Waals surface area contributed by atoms with Crippen molar-refractivity contribution < 1.29 is 4.74 Å². The molecule has 2 heterocycles. The molecule has 0 saturated heterocycles. The molecule has 2 aromatic heterocycles. The molecule has 0 amide bonds. The molecule has 0 aliphatic carbocycles. The van der Waals surface area contributed by atoms with E-state index in [4.69, 9.17) is 27.9 Å². The lowest BCUT2D eigenvalue weighted by molar-refractivity contribution is 0.191. The van der Waals surface area contributed by atoms with E-state index < -0.39 is 0 Å². The molecule has 0 spiro atoms. The van der Waals surface area contributed by atoms with Gasteiger partial charge in [0.05, 0.1) is 5.02 Å². The monoisotopic (exact) mass is 301 g/mol. The fraction of sp³-hybridized carbons (Fsp3) is 0.538. The minimum atomic E-state index is 0.551. The second kappa shape index (κ2) is 7.08. The normalized spacial score (nSPS) is 11.3. The number of fused-ring (bicyclic) bond motifs is 1. The van der Waals surface area contributed by atoms with Gasteiger partial charge in [-0.1, -0.05) is 11.6 Å². The Balaban J connectivity index is 2.24. The predicted molar refractivity (Wildman–Crippen MR) is 78.1 cm³/mol. The van der Waals surface area contributed by atoms with Crippen LogP contribution in [0.5, 0.6) is 0 Å². The number of hydrogen-bond donors (Lipinski definition) is 0. The van der Waals surface area contributed by atoms with E-state index in [1.54, 1.807) is 13.3 Å². The summed E-state index contributed by atoms with van der Waals surface area (Å²) in [5.41, 5.74) is 1.71. The zero-order valence-electron chi connectivity index (χ0n) is 10.9. The van der Waals surface area contributed by atoms with Crippen molar-refractivity contribution in [3.63, 3.8) is 0 Å². The fourth-order valence-electron chi connectivity index (χ4n) is 2.06. The zero-order chi connectivity index (χ0) is 13.7. The number of aryl methyl sites for hydroxylation is 2. The van der Waals surface area contributed by atoms with Gasteiger partial charge in [0.15, 0.2) is 5.65 Å². The summed E-state index contributed by atoms with van der Waals surface area (Å²) < 4.78 is 7.19. The van der Waals surface area contributed by atoms with Gasteiger partial charge in [0.25, 0.3) is 0 Å². The number of halogens is 2. The van der Waals surface area contributed by atoms with Crippen LogP contribution in [0.1, 0.15) is 18.7 Å². The van der Waals surface area contributed by atoms with Crippen LogP contribution in [0.15, 0.2) is 12.3 Å². The van der Waals surface area contributed by atoms with E-state index in [0.29, 0.717) is 10.9 Å². The number of nitrogens with zero attached hydrogens (tertiary/aromatic N) is 3. The van der Waals surface area contributed by atoms with Gasteiger partial charge in [-0.3, -0.25) is 0 Å². The van der Waals surface area contributed by atoms with Gasteiger partial charge in [-0.25, -0.2) is 9.97 Å². The molecular weight excluding hydrogens is 285 g/mol. The first-order valence-corrected chi connectivity index (χ1v) is 7.23. The van der Waals surface area contributed by atoms with Gasteiger partial charge < -0.3 is 9.30 Å². The Morgan fingerprint density at radius 2 is 2.21 bits per heavy atom. The molecule has 0 aromatic carbocycles. The van der Waals surface area contributed by atoms with Crippen LogP contribution < -0.4 is 0 Å². The fourth-order valence-corrected chi connectivity index (χ4v) is 2.38. The molecule has 0 saturated carbocycles. The van der Waals surface area contributed by atoms with Crippen molar-refractivity contribution in [1.29, 1.82) is 0 Å². The summed E-state index contributed by atoms with van der Waals surface area (Å²) in [6, 6.07) is 1.84. The van der Waals surface area contributed by atoms with Gasteiger partial charge >= 0.3 is 0 Å². The number of methoxy groups -OCH3 is 1. The Labute approximate surface area is 122 Å². The summed E-state index contributed by atoms with van der Waals surface area (Å²) in [6.07, 6.45) is 4.44. The van der Waals surface area contributed by atoms with Crippen molar-refractivity contribution in [3.8, 4) is 0 Å². The van der Waals surface area contributed by atoms with Gasteiger partial charge in [-0.15, -0.1) is 11.6 Å². The van der Waals surface area contributed by atoms with Crippen LogP contribution in [-0.2, 0) is 17.7 Å². The number of aromatic nitrogens is 3. The largest absolute Gasteiger partial charge is 0.385 e. The molecule has 19 heavy (non-hydrogen) atoms. The third-order valence-electron chi connectivity index (χ3n) is 2.93. The third-order valence-corrected chi connectivity index (χ3v) is 3.32. The Morgan fingerprint density at radius 1 is 1.37 bits per heavy atom. The average molecular weight is 302 g/mol. The molecule has 104 valence electrons. The first-order valence-electron chi connectivity index (χ1n) is 6.32.